The van der Waals surface area contributed by atoms with Crippen LogP contribution in [0.4, 0.5) is 8.78 Å². The van der Waals surface area contributed by atoms with Crippen molar-refractivity contribution in [3.63, 3.8) is 0 Å². The van der Waals surface area contributed by atoms with Gasteiger partial charge in [0.15, 0.2) is 11.6 Å². The summed E-state index contributed by atoms with van der Waals surface area (Å²) in [4.78, 5) is 25.6. The molecule has 4 rings (SSSR count). The summed E-state index contributed by atoms with van der Waals surface area (Å²) in [6.45, 7) is 0.289. The minimum absolute atomic E-state index is 0.0335. The van der Waals surface area contributed by atoms with Crippen molar-refractivity contribution in [2.75, 3.05) is 0 Å². The van der Waals surface area contributed by atoms with Gasteiger partial charge >= 0.3 is 0 Å². The van der Waals surface area contributed by atoms with E-state index in [1.54, 1.807) is 42.5 Å². The predicted molar refractivity (Wildman–Crippen MR) is 134 cm³/mol. The maximum Gasteiger partial charge on any atom is 0.238 e. The first-order valence-corrected chi connectivity index (χ1v) is 13.4. The lowest BCUT2D eigenvalue weighted by Gasteiger charge is -2.19. The van der Waals surface area contributed by atoms with Gasteiger partial charge in [0.05, 0.1) is 4.90 Å². The van der Waals surface area contributed by atoms with Crippen molar-refractivity contribution in [3.8, 4) is 11.1 Å². The molecule has 3 aromatic rings. The van der Waals surface area contributed by atoms with Crippen molar-refractivity contribution in [1.29, 1.82) is 0 Å². The van der Waals surface area contributed by atoms with Crippen LogP contribution in [0.15, 0.2) is 71.6 Å². The maximum absolute atomic E-state index is 13.4. The highest BCUT2D eigenvalue weighted by molar-refractivity contribution is 7.89. The monoisotopic (exact) mass is 527 g/mol. The Hall–Kier alpha value is -3.63. The molecule has 0 spiro atoms. The van der Waals surface area contributed by atoms with E-state index in [1.807, 2.05) is 0 Å². The van der Waals surface area contributed by atoms with Gasteiger partial charge in [0.2, 0.25) is 21.8 Å². The Kier molecular flexibility index (Phi) is 7.99. The van der Waals surface area contributed by atoms with Gasteiger partial charge in [-0.1, -0.05) is 55.0 Å². The lowest BCUT2D eigenvalue weighted by atomic mass is 9.94. The van der Waals surface area contributed by atoms with Gasteiger partial charge in [0.1, 0.15) is 0 Å². The maximum atomic E-state index is 13.4. The number of halogens is 2. The number of primary sulfonamides is 1. The Morgan fingerprint density at radius 2 is 1.38 bits per heavy atom. The molecule has 37 heavy (non-hydrogen) atoms. The van der Waals surface area contributed by atoms with Gasteiger partial charge in [-0.15, -0.1) is 0 Å². The highest BCUT2D eigenvalue weighted by atomic mass is 32.2. The molecule has 0 aromatic heterocycles. The fourth-order valence-electron chi connectivity index (χ4n) is 4.63. The number of nitrogens with one attached hydrogen (secondary N) is 2. The quantitative estimate of drug-likeness (QED) is 0.415. The molecule has 1 saturated carbocycles. The van der Waals surface area contributed by atoms with Crippen LogP contribution in [0.5, 0.6) is 0 Å². The van der Waals surface area contributed by atoms with E-state index in [1.165, 1.54) is 12.1 Å². The van der Waals surface area contributed by atoms with Gasteiger partial charge in [-0.2, -0.15) is 0 Å². The molecule has 0 saturated heterocycles. The number of hydrogen-bond donors (Lipinski definition) is 3. The van der Waals surface area contributed by atoms with Crippen molar-refractivity contribution in [2.24, 2.45) is 17.0 Å². The number of sulfonamides is 1. The second-order valence-corrected chi connectivity index (χ2v) is 10.6. The largest absolute Gasteiger partial charge is 0.352 e. The third-order valence-electron chi connectivity index (χ3n) is 6.57. The third kappa shape index (κ3) is 6.39. The van der Waals surface area contributed by atoms with Crippen LogP contribution in [0, 0.1) is 23.5 Å². The molecule has 3 aromatic carbocycles. The van der Waals surface area contributed by atoms with Crippen molar-refractivity contribution in [3.05, 3.63) is 89.5 Å². The Labute approximate surface area is 214 Å². The lowest BCUT2D eigenvalue weighted by Crippen LogP contribution is -2.39. The molecule has 0 aliphatic heterocycles. The van der Waals surface area contributed by atoms with Gasteiger partial charge in [-0.3, -0.25) is 9.59 Å². The molecule has 10 heteroatoms. The number of rotatable bonds is 8. The lowest BCUT2D eigenvalue weighted by molar-refractivity contribution is -0.133. The van der Waals surface area contributed by atoms with E-state index in [9.17, 15) is 26.8 Å². The molecule has 2 amide bonds. The summed E-state index contributed by atoms with van der Waals surface area (Å²) < 4.78 is 50.3. The summed E-state index contributed by atoms with van der Waals surface area (Å²) in [7, 11) is -3.88. The molecule has 0 bridgehead atoms. The fraction of sp³-hybridized carbons (Fsp3) is 0.259. The zero-order valence-electron chi connectivity index (χ0n) is 19.9. The van der Waals surface area contributed by atoms with Crippen LogP contribution in [0.25, 0.3) is 11.1 Å². The Balaban J connectivity index is 1.34. The minimum atomic E-state index is -3.88. The molecule has 2 unspecified atom stereocenters. The van der Waals surface area contributed by atoms with E-state index in [2.05, 4.69) is 10.6 Å². The molecule has 1 fully saturated rings. The second kappa shape index (κ2) is 11.2. The van der Waals surface area contributed by atoms with Crippen molar-refractivity contribution in [1.82, 2.24) is 10.6 Å². The SMILES string of the molecule is NS(=O)(=O)c1ccccc1-c1ccc(CNC(=O)C2CCCC2C(=O)NCc2ccc(F)c(F)c2)cc1. The van der Waals surface area contributed by atoms with Gasteiger partial charge in [-0.05, 0) is 47.7 Å². The number of hydrogen-bond acceptors (Lipinski definition) is 4. The summed E-state index contributed by atoms with van der Waals surface area (Å²) in [5, 5.41) is 10.9. The molecule has 7 nitrogen and oxygen atoms in total. The van der Waals surface area contributed by atoms with Crippen LogP contribution < -0.4 is 15.8 Å². The standard InChI is InChI=1S/C27H27F2N3O4S/c28-23-13-10-18(14-24(23)29)16-32-27(34)22-6-3-5-21(22)26(33)31-15-17-8-11-19(12-9-17)20-4-1-2-7-25(20)37(30,35)36/h1-2,4,7-14,21-22H,3,5-6,15-16H2,(H,31,33)(H,32,34)(H2,30,35,36). The molecule has 0 radical (unpaired) electrons. The fourth-order valence-corrected chi connectivity index (χ4v) is 5.39. The first kappa shape index (κ1) is 26.4. The van der Waals surface area contributed by atoms with Crippen LogP contribution in [0.3, 0.4) is 0 Å². The van der Waals surface area contributed by atoms with Gasteiger partial charge < -0.3 is 10.6 Å². The molecule has 1 aliphatic carbocycles. The number of nitrogens with two attached hydrogens (primary N) is 1. The van der Waals surface area contributed by atoms with Crippen molar-refractivity contribution in [2.45, 2.75) is 37.2 Å². The van der Waals surface area contributed by atoms with E-state index in [-0.39, 0.29) is 29.8 Å². The van der Waals surface area contributed by atoms with E-state index >= 15 is 0 Å². The number of carbonyl (C=O) groups excluding carboxylic acids is 2. The Morgan fingerprint density at radius 1 is 0.811 bits per heavy atom. The van der Waals surface area contributed by atoms with Crippen LogP contribution in [0.2, 0.25) is 0 Å². The number of amides is 2. The normalized spacial score (nSPS) is 17.4. The molecular formula is C27H27F2N3O4S. The van der Waals surface area contributed by atoms with E-state index in [0.717, 1.165) is 24.1 Å². The van der Waals surface area contributed by atoms with Gasteiger partial charge in [0, 0.05) is 30.5 Å². The molecule has 4 N–H and O–H groups in total. The number of benzene rings is 3. The second-order valence-electron chi connectivity index (χ2n) is 9.07. The summed E-state index contributed by atoms with van der Waals surface area (Å²) in [5.74, 6) is -3.43. The average molecular weight is 528 g/mol. The molecule has 194 valence electrons. The highest BCUT2D eigenvalue weighted by Gasteiger charge is 2.37. The van der Waals surface area contributed by atoms with Gasteiger partial charge in [-0.25, -0.2) is 22.3 Å². The van der Waals surface area contributed by atoms with Crippen molar-refractivity contribution < 1.29 is 26.8 Å². The zero-order chi connectivity index (χ0) is 26.6. The average Bonchev–Trinajstić information content (AvgIpc) is 3.38. The van der Waals surface area contributed by atoms with Crippen LogP contribution in [0.1, 0.15) is 30.4 Å². The first-order valence-electron chi connectivity index (χ1n) is 11.8. The van der Waals surface area contributed by atoms with Crippen LogP contribution >= 0.6 is 0 Å². The molecular weight excluding hydrogens is 500 g/mol. The smallest absolute Gasteiger partial charge is 0.238 e. The highest BCUT2D eigenvalue weighted by Crippen LogP contribution is 2.32. The summed E-state index contributed by atoms with van der Waals surface area (Å²) in [5.41, 5.74) is 2.40. The van der Waals surface area contributed by atoms with E-state index in [4.69, 9.17) is 5.14 Å². The Morgan fingerprint density at radius 3 is 1.97 bits per heavy atom. The number of carbonyl (C=O) groups is 2. The summed E-state index contributed by atoms with van der Waals surface area (Å²) in [6, 6.07) is 17.0. The summed E-state index contributed by atoms with van der Waals surface area (Å²) >= 11 is 0. The molecule has 0 heterocycles. The molecule has 2 atom stereocenters. The van der Waals surface area contributed by atoms with Crippen LogP contribution in [-0.4, -0.2) is 20.2 Å². The molecule has 1 aliphatic rings. The van der Waals surface area contributed by atoms with Crippen LogP contribution in [-0.2, 0) is 32.7 Å². The van der Waals surface area contributed by atoms with Crippen molar-refractivity contribution >= 4 is 21.8 Å². The predicted octanol–water partition coefficient (Wildman–Crippen LogP) is 3.63. The zero-order valence-corrected chi connectivity index (χ0v) is 20.7. The topological polar surface area (TPSA) is 118 Å². The Bertz CT molecular complexity index is 1410. The van der Waals surface area contributed by atoms with Gasteiger partial charge in [0.25, 0.3) is 0 Å². The summed E-state index contributed by atoms with van der Waals surface area (Å²) in [6.07, 6.45) is 1.89. The third-order valence-corrected chi connectivity index (χ3v) is 7.53. The van der Waals surface area contributed by atoms with E-state index in [0.29, 0.717) is 29.5 Å². The first-order chi connectivity index (χ1) is 17.6. The van der Waals surface area contributed by atoms with E-state index < -0.39 is 33.5 Å². The minimum Gasteiger partial charge on any atom is -0.352 e.